The molecule has 0 heterocycles. The number of hydrogen-bond acceptors (Lipinski definition) is 5. The Balaban J connectivity index is 2.87. The molecule has 0 aliphatic carbocycles. The fourth-order valence-corrected chi connectivity index (χ4v) is 2.46. The second-order valence-corrected chi connectivity index (χ2v) is 6.84. The van der Waals surface area contributed by atoms with Crippen LogP contribution >= 0.6 is 0 Å². The third-order valence-corrected chi connectivity index (χ3v) is 4.69. The number of rotatable bonds is 6. The van der Waals surface area contributed by atoms with Gasteiger partial charge in [0.1, 0.15) is 0 Å². The lowest BCUT2D eigenvalue weighted by molar-refractivity contribution is 0.105. The van der Waals surface area contributed by atoms with Crippen LogP contribution in [-0.4, -0.2) is 43.1 Å². The van der Waals surface area contributed by atoms with Gasteiger partial charge in [-0.3, -0.25) is 0 Å². The molecule has 1 rings (SSSR count). The second kappa shape index (κ2) is 6.17. The van der Waals surface area contributed by atoms with Crippen LogP contribution in [0.15, 0.2) is 29.2 Å². The van der Waals surface area contributed by atoms with Crippen molar-refractivity contribution in [2.24, 2.45) is 0 Å². The van der Waals surface area contributed by atoms with Gasteiger partial charge in [0, 0.05) is 12.2 Å². The van der Waals surface area contributed by atoms with E-state index in [1.165, 1.54) is 6.07 Å². The summed E-state index contributed by atoms with van der Waals surface area (Å²) in [6.07, 6.45) is -0.865. The lowest BCUT2D eigenvalue weighted by atomic mass is 10.3. The minimum Gasteiger partial charge on any atom is -0.394 e. The van der Waals surface area contributed by atoms with Crippen LogP contribution in [0.25, 0.3) is 0 Å². The maximum absolute atomic E-state index is 12.0. The molecule has 0 saturated heterocycles. The molecule has 0 saturated carbocycles. The van der Waals surface area contributed by atoms with Crippen LogP contribution in [-0.2, 0) is 9.84 Å². The van der Waals surface area contributed by atoms with Gasteiger partial charge in [0.25, 0.3) is 0 Å². The number of aliphatic hydroxyl groups excluding tert-OH is 2. The number of benzene rings is 1. The Morgan fingerprint density at radius 3 is 2.56 bits per heavy atom. The quantitative estimate of drug-likeness (QED) is 0.708. The maximum Gasteiger partial charge on any atom is 0.180 e. The fourth-order valence-electron chi connectivity index (χ4n) is 1.36. The van der Waals surface area contributed by atoms with Crippen LogP contribution in [0.3, 0.4) is 0 Å². The van der Waals surface area contributed by atoms with Crippen molar-refractivity contribution in [3.63, 3.8) is 0 Å². The summed E-state index contributed by atoms with van der Waals surface area (Å²) in [6, 6.07) is 6.43. The Morgan fingerprint density at radius 1 is 1.33 bits per heavy atom. The van der Waals surface area contributed by atoms with Crippen LogP contribution < -0.4 is 5.32 Å². The van der Waals surface area contributed by atoms with Gasteiger partial charge >= 0.3 is 0 Å². The van der Waals surface area contributed by atoms with Crippen molar-refractivity contribution in [1.82, 2.24) is 0 Å². The first-order valence-corrected chi connectivity index (χ1v) is 7.29. The van der Waals surface area contributed by atoms with Crippen molar-refractivity contribution in [1.29, 1.82) is 0 Å². The van der Waals surface area contributed by atoms with E-state index in [-0.39, 0.29) is 18.0 Å². The van der Waals surface area contributed by atoms with Crippen LogP contribution in [0.1, 0.15) is 13.8 Å². The number of sulfone groups is 1. The molecule has 1 aromatic carbocycles. The summed E-state index contributed by atoms with van der Waals surface area (Å²) >= 11 is 0. The Hall–Kier alpha value is -1.11. The van der Waals surface area contributed by atoms with E-state index in [0.717, 1.165) is 0 Å². The normalized spacial score (nSPS) is 13.6. The molecule has 102 valence electrons. The minimum atomic E-state index is -3.30. The predicted octanol–water partition coefficient (Wildman–Crippen LogP) is 0.634. The van der Waals surface area contributed by atoms with E-state index >= 15 is 0 Å². The highest BCUT2D eigenvalue weighted by atomic mass is 32.2. The molecule has 0 fully saturated rings. The SMILES string of the molecule is CC(C)S(=O)(=O)c1cccc(NCC(O)CO)c1. The van der Waals surface area contributed by atoms with Crippen LogP contribution in [0.4, 0.5) is 5.69 Å². The van der Waals surface area contributed by atoms with E-state index in [1.807, 2.05) is 0 Å². The van der Waals surface area contributed by atoms with E-state index in [2.05, 4.69) is 5.32 Å². The molecule has 0 amide bonds. The molecule has 6 heteroatoms. The number of anilines is 1. The van der Waals surface area contributed by atoms with Gasteiger partial charge in [-0.15, -0.1) is 0 Å². The second-order valence-electron chi connectivity index (χ2n) is 4.34. The Kier molecular flexibility index (Phi) is 5.13. The highest BCUT2D eigenvalue weighted by molar-refractivity contribution is 7.92. The standard InChI is InChI=1S/C12H19NO4S/c1-9(2)18(16,17)12-5-3-4-10(6-12)13-7-11(15)8-14/h3-6,9,11,13-15H,7-8H2,1-2H3. The van der Waals surface area contributed by atoms with Gasteiger partial charge in [-0.05, 0) is 32.0 Å². The fraction of sp³-hybridized carbons (Fsp3) is 0.500. The molecule has 0 bridgehead atoms. The third kappa shape index (κ3) is 3.69. The van der Waals surface area contributed by atoms with Gasteiger partial charge in [-0.1, -0.05) is 6.07 Å². The predicted molar refractivity (Wildman–Crippen MR) is 70.3 cm³/mol. The zero-order chi connectivity index (χ0) is 13.8. The van der Waals surface area contributed by atoms with Crippen molar-refractivity contribution in [3.8, 4) is 0 Å². The molecule has 0 aliphatic heterocycles. The summed E-state index contributed by atoms with van der Waals surface area (Å²) in [5, 5.41) is 20.3. The van der Waals surface area contributed by atoms with Gasteiger partial charge in [-0.25, -0.2) is 8.42 Å². The third-order valence-electron chi connectivity index (χ3n) is 2.54. The highest BCUT2D eigenvalue weighted by Crippen LogP contribution is 2.19. The van der Waals surface area contributed by atoms with Gasteiger partial charge in [-0.2, -0.15) is 0 Å². The van der Waals surface area contributed by atoms with E-state index in [4.69, 9.17) is 5.11 Å². The van der Waals surface area contributed by atoms with Crippen molar-refractivity contribution in [2.75, 3.05) is 18.5 Å². The molecule has 1 atom stereocenters. The maximum atomic E-state index is 12.0. The van der Waals surface area contributed by atoms with Crippen molar-refractivity contribution < 1.29 is 18.6 Å². The smallest absolute Gasteiger partial charge is 0.180 e. The Morgan fingerprint density at radius 2 is 2.00 bits per heavy atom. The summed E-state index contributed by atoms with van der Waals surface area (Å²) < 4.78 is 23.9. The number of aliphatic hydroxyl groups is 2. The molecule has 0 aliphatic rings. The van der Waals surface area contributed by atoms with E-state index < -0.39 is 21.2 Å². The average Bonchev–Trinajstić information content (AvgIpc) is 2.36. The monoisotopic (exact) mass is 273 g/mol. The lowest BCUT2D eigenvalue weighted by Gasteiger charge is -2.12. The molecular formula is C12H19NO4S. The summed E-state index contributed by atoms with van der Waals surface area (Å²) in [5.74, 6) is 0. The zero-order valence-electron chi connectivity index (χ0n) is 10.5. The van der Waals surface area contributed by atoms with Crippen LogP contribution in [0.2, 0.25) is 0 Å². The first kappa shape index (κ1) is 14.9. The van der Waals surface area contributed by atoms with Crippen molar-refractivity contribution in [3.05, 3.63) is 24.3 Å². The van der Waals surface area contributed by atoms with Gasteiger partial charge in [0.15, 0.2) is 9.84 Å². The topological polar surface area (TPSA) is 86.6 Å². The number of nitrogens with one attached hydrogen (secondary N) is 1. The Bertz CT molecular complexity index is 485. The summed E-state index contributed by atoms with van der Waals surface area (Å²) in [4.78, 5) is 0.251. The molecule has 18 heavy (non-hydrogen) atoms. The number of hydrogen-bond donors (Lipinski definition) is 3. The van der Waals surface area contributed by atoms with Gasteiger partial charge < -0.3 is 15.5 Å². The lowest BCUT2D eigenvalue weighted by Crippen LogP contribution is -2.23. The van der Waals surface area contributed by atoms with E-state index in [0.29, 0.717) is 5.69 Å². The summed E-state index contributed by atoms with van der Waals surface area (Å²) in [5.41, 5.74) is 0.601. The highest BCUT2D eigenvalue weighted by Gasteiger charge is 2.19. The first-order valence-electron chi connectivity index (χ1n) is 5.74. The molecule has 3 N–H and O–H groups in total. The molecule has 1 unspecified atom stereocenters. The van der Waals surface area contributed by atoms with Gasteiger partial charge in [0.2, 0.25) is 0 Å². The molecule has 1 aromatic rings. The minimum absolute atomic E-state index is 0.168. The summed E-state index contributed by atoms with van der Waals surface area (Å²) in [6.45, 7) is 3.09. The summed E-state index contributed by atoms with van der Waals surface area (Å²) in [7, 11) is -3.30. The van der Waals surface area contributed by atoms with Crippen LogP contribution in [0.5, 0.6) is 0 Å². The van der Waals surface area contributed by atoms with Crippen molar-refractivity contribution >= 4 is 15.5 Å². The molecular weight excluding hydrogens is 254 g/mol. The Labute approximate surface area is 107 Å². The average molecular weight is 273 g/mol. The molecule has 5 nitrogen and oxygen atoms in total. The van der Waals surface area contributed by atoms with E-state index in [9.17, 15) is 13.5 Å². The molecule has 0 aromatic heterocycles. The zero-order valence-corrected chi connectivity index (χ0v) is 11.3. The molecule has 0 radical (unpaired) electrons. The van der Waals surface area contributed by atoms with Crippen molar-refractivity contribution in [2.45, 2.75) is 30.1 Å². The molecule has 0 spiro atoms. The van der Waals surface area contributed by atoms with Crippen LogP contribution in [0, 0.1) is 0 Å². The van der Waals surface area contributed by atoms with Gasteiger partial charge in [0.05, 0.1) is 22.9 Å². The largest absolute Gasteiger partial charge is 0.394 e. The van der Waals surface area contributed by atoms with E-state index in [1.54, 1.807) is 32.0 Å². The first-order chi connectivity index (χ1) is 8.37.